The van der Waals surface area contributed by atoms with Gasteiger partial charge in [-0.15, -0.1) is 0 Å². The van der Waals surface area contributed by atoms with Crippen LogP contribution in [0.15, 0.2) is 0 Å². The average Bonchev–Trinajstić information content (AvgIpc) is 2.22. The van der Waals surface area contributed by atoms with E-state index in [2.05, 4.69) is 17.0 Å². The molecule has 0 aromatic heterocycles. The molecule has 0 bridgehead atoms. The monoisotopic (exact) mass is 282 g/mol. The van der Waals surface area contributed by atoms with Gasteiger partial charge in [-0.1, -0.05) is 6.92 Å². The van der Waals surface area contributed by atoms with Crippen molar-refractivity contribution in [3.63, 3.8) is 0 Å². The summed E-state index contributed by atoms with van der Waals surface area (Å²) in [5, 5.41) is 3.26. The third-order valence-corrected chi connectivity index (χ3v) is 4.66. The van der Waals surface area contributed by atoms with Gasteiger partial charge in [0.1, 0.15) is 0 Å². The van der Waals surface area contributed by atoms with Crippen LogP contribution in [0.3, 0.4) is 0 Å². The first kappa shape index (κ1) is 17.2. The van der Waals surface area contributed by atoms with Crippen molar-refractivity contribution in [2.75, 3.05) is 30.9 Å². The molecule has 0 heterocycles. The highest BCUT2D eigenvalue weighted by molar-refractivity contribution is 7.98. The highest BCUT2D eigenvalue weighted by atomic mass is 32.2. The Morgan fingerprint density at radius 1 is 1.24 bits per heavy atom. The Kier molecular flexibility index (Phi) is 10.3. The SMILES string of the molecule is CCCNCCCCS(=O)(=O)NC(C)CSC. The Bertz CT molecular complexity index is 269. The lowest BCUT2D eigenvalue weighted by Gasteiger charge is -2.12. The van der Waals surface area contributed by atoms with Crippen molar-refractivity contribution in [1.29, 1.82) is 0 Å². The van der Waals surface area contributed by atoms with Gasteiger partial charge in [0.15, 0.2) is 0 Å². The van der Waals surface area contributed by atoms with Crippen LogP contribution in [-0.4, -0.2) is 45.3 Å². The highest BCUT2D eigenvalue weighted by Crippen LogP contribution is 2.00. The molecule has 2 N–H and O–H groups in total. The minimum absolute atomic E-state index is 0.0215. The van der Waals surface area contributed by atoms with Crippen molar-refractivity contribution in [1.82, 2.24) is 10.0 Å². The second-order valence-electron chi connectivity index (χ2n) is 4.25. The van der Waals surface area contributed by atoms with Gasteiger partial charge in [0.05, 0.1) is 5.75 Å². The van der Waals surface area contributed by atoms with Crippen molar-refractivity contribution in [2.24, 2.45) is 0 Å². The first-order valence-corrected chi connectivity index (χ1v) is 9.26. The molecule has 0 aliphatic heterocycles. The summed E-state index contributed by atoms with van der Waals surface area (Å²) in [5.74, 6) is 1.05. The second kappa shape index (κ2) is 10.2. The molecule has 4 nitrogen and oxygen atoms in total. The normalized spacial score (nSPS) is 13.8. The third kappa shape index (κ3) is 11.1. The quantitative estimate of drug-likeness (QED) is 0.563. The van der Waals surface area contributed by atoms with Gasteiger partial charge in [-0.3, -0.25) is 0 Å². The van der Waals surface area contributed by atoms with Gasteiger partial charge in [0, 0.05) is 11.8 Å². The molecule has 6 heteroatoms. The van der Waals surface area contributed by atoms with Gasteiger partial charge < -0.3 is 5.32 Å². The molecule has 104 valence electrons. The molecule has 1 atom stereocenters. The van der Waals surface area contributed by atoms with E-state index in [9.17, 15) is 8.42 Å². The number of hydrogen-bond acceptors (Lipinski definition) is 4. The lowest BCUT2D eigenvalue weighted by atomic mass is 10.3. The van der Waals surface area contributed by atoms with Gasteiger partial charge in [-0.05, 0) is 45.5 Å². The molecule has 0 saturated heterocycles. The Hall–Kier alpha value is 0.220. The van der Waals surface area contributed by atoms with Crippen molar-refractivity contribution >= 4 is 21.8 Å². The van der Waals surface area contributed by atoms with E-state index < -0.39 is 10.0 Å². The number of rotatable bonds is 11. The van der Waals surface area contributed by atoms with Crippen LogP contribution < -0.4 is 10.0 Å². The zero-order valence-corrected chi connectivity index (χ0v) is 12.8. The maximum Gasteiger partial charge on any atom is 0.211 e. The van der Waals surface area contributed by atoms with Crippen molar-refractivity contribution in [2.45, 2.75) is 39.2 Å². The van der Waals surface area contributed by atoms with Crippen molar-refractivity contribution in [3.05, 3.63) is 0 Å². The average molecular weight is 282 g/mol. The number of thioether (sulfide) groups is 1. The Balaban J connectivity index is 3.64. The zero-order valence-electron chi connectivity index (χ0n) is 11.2. The van der Waals surface area contributed by atoms with Crippen LogP contribution in [0.25, 0.3) is 0 Å². The van der Waals surface area contributed by atoms with Gasteiger partial charge >= 0.3 is 0 Å². The molecule has 0 saturated carbocycles. The van der Waals surface area contributed by atoms with Crippen molar-refractivity contribution < 1.29 is 8.42 Å². The lowest BCUT2D eigenvalue weighted by molar-refractivity contribution is 0.563. The molecule has 0 rings (SSSR count). The lowest BCUT2D eigenvalue weighted by Crippen LogP contribution is -2.36. The molecule has 0 aliphatic carbocycles. The van der Waals surface area contributed by atoms with E-state index in [1.54, 1.807) is 11.8 Å². The van der Waals surface area contributed by atoms with E-state index in [-0.39, 0.29) is 11.8 Å². The Morgan fingerprint density at radius 2 is 1.94 bits per heavy atom. The molecule has 17 heavy (non-hydrogen) atoms. The fourth-order valence-corrected chi connectivity index (χ4v) is 3.58. The largest absolute Gasteiger partial charge is 0.317 e. The number of hydrogen-bond donors (Lipinski definition) is 2. The minimum Gasteiger partial charge on any atom is -0.317 e. The fourth-order valence-electron chi connectivity index (χ4n) is 1.49. The Labute approximate surface area is 110 Å². The summed E-state index contributed by atoms with van der Waals surface area (Å²) in [4.78, 5) is 0. The van der Waals surface area contributed by atoms with Gasteiger partial charge in [-0.2, -0.15) is 11.8 Å². The number of sulfonamides is 1. The van der Waals surface area contributed by atoms with E-state index in [1.165, 1.54) is 0 Å². The molecule has 0 fully saturated rings. The van der Waals surface area contributed by atoms with E-state index in [0.29, 0.717) is 0 Å². The van der Waals surface area contributed by atoms with Crippen LogP contribution in [-0.2, 0) is 10.0 Å². The molecule has 0 aromatic carbocycles. The molecule has 0 aromatic rings. The maximum atomic E-state index is 11.7. The second-order valence-corrected chi connectivity index (χ2v) is 7.03. The van der Waals surface area contributed by atoms with Crippen LogP contribution in [0.4, 0.5) is 0 Å². The number of unbranched alkanes of at least 4 members (excludes halogenated alkanes) is 1. The van der Waals surface area contributed by atoms with Crippen LogP contribution in [0.1, 0.15) is 33.1 Å². The van der Waals surface area contributed by atoms with Gasteiger partial charge in [0.25, 0.3) is 0 Å². The van der Waals surface area contributed by atoms with Crippen LogP contribution in [0.2, 0.25) is 0 Å². The summed E-state index contributed by atoms with van der Waals surface area (Å²) in [6.07, 6.45) is 4.73. The third-order valence-electron chi connectivity index (χ3n) is 2.24. The minimum atomic E-state index is -3.09. The molecule has 0 aliphatic rings. The highest BCUT2D eigenvalue weighted by Gasteiger charge is 2.13. The van der Waals surface area contributed by atoms with Crippen LogP contribution in [0.5, 0.6) is 0 Å². The predicted molar refractivity (Wildman–Crippen MR) is 77.2 cm³/mol. The number of nitrogens with one attached hydrogen (secondary N) is 2. The Morgan fingerprint density at radius 3 is 2.53 bits per heavy atom. The van der Waals surface area contributed by atoms with Gasteiger partial charge in [-0.25, -0.2) is 13.1 Å². The summed E-state index contributed by atoms with van der Waals surface area (Å²) < 4.78 is 26.0. The van der Waals surface area contributed by atoms with E-state index in [4.69, 9.17) is 0 Å². The maximum absolute atomic E-state index is 11.7. The molecular formula is C11H26N2O2S2. The van der Waals surface area contributed by atoms with E-state index >= 15 is 0 Å². The van der Waals surface area contributed by atoms with Crippen molar-refractivity contribution in [3.8, 4) is 0 Å². The molecule has 0 amide bonds. The van der Waals surface area contributed by atoms with Crippen LogP contribution >= 0.6 is 11.8 Å². The summed E-state index contributed by atoms with van der Waals surface area (Å²) in [6, 6.07) is 0.0215. The zero-order chi connectivity index (χ0) is 13.1. The summed E-state index contributed by atoms with van der Waals surface area (Å²) in [5.41, 5.74) is 0. The molecule has 0 spiro atoms. The molecule has 1 unspecified atom stereocenters. The van der Waals surface area contributed by atoms with Crippen LogP contribution in [0, 0.1) is 0 Å². The molecular weight excluding hydrogens is 256 g/mol. The summed E-state index contributed by atoms with van der Waals surface area (Å²) >= 11 is 1.65. The smallest absolute Gasteiger partial charge is 0.211 e. The summed E-state index contributed by atoms with van der Waals surface area (Å²) in [7, 11) is -3.09. The first-order valence-electron chi connectivity index (χ1n) is 6.21. The predicted octanol–water partition coefficient (Wildman–Crippen LogP) is 1.44. The van der Waals surface area contributed by atoms with E-state index in [0.717, 1.165) is 38.1 Å². The van der Waals surface area contributed by atoms with Gasteiger partial charge in [0.2, 0.25) is 10.0 Å². The summed E-state index contributed by atoms with van der Waals surface area (Å²) in [6.45, 7) is 5.94. The topological polar surface area (TPSA) is 58.2 Å². The standard InChI is InChI=1S/C11H26N2O2S2/c1-4-7-12-8-5-6-9-17(14,15)13-11(2)10-16-3/h11-13H,4-10H2,1-3H3. The first-order chi connectivity index (χ1) is 8.02. The fraction of sp³-hybridized carbons (Fsp3) is 1.00. The molecule has 0 radical (unpaired) electrons. The van der Waals surface area contributed by atoms with E-state index in [1.807, 2.05) is 13.2 Å².